The Hall–Kier alpha value is -1.64. The molecule has 2 fully saturated rings. The van der Waals surface area contributed by atoms with Crippen molar-refractivity contribution in [2.45, 2.75) is 75.3 Å². The van der Waals surface area contributed by atoms with Gasteiger partial charge in [-0.2, -0.15) is 0 Å². The summed E-state index contributed by atoms with van der Waals surface area (Å²) in [5, 5.41) is 0. The second kappa shape index (κ2) is 9.89. The first-order chi connectivity index (χ1) is 12.8. The van der Waals surface area contributed by atoms with Crippen molar-refractivity contribution in [3.05, 3.63) is 71.8 Å². The molecule has 0 spiro atoms. The highest BCUT2D eigenvalue weighted by molar-refractivity contribution is 5.22. The highest BCUT2D eigenvalue weighted by Crippen LogP contribution is 2.32. The van der Waals surface area contributed by atoms with E-state index >= 15 is 0 Å². The third-order valence-electron chi connectivity index (χ3n) is 6.09. The van der Waals surface area contributed by atoms with Gasteiger partial charge in [0.05, 0.1) is 0 Å². The summed E-state index contributed by atoms with van der Waals surface area (Å²) in [6, 6.07) is 22.2. The van der Waals surface area contributed by atoms with Gasteiger partial charge in [0.15, 0.2) is 0 Å². The number of nitrogens with two attached hydrogens (primary N) is 2. The van der Waals surface area contributed by atoms with E-state index < -0.39 is 0 Å². The van der Waals surface area contributed by atoms with Gasteiger partial charge in [0.25, 0.3) is 0 Å². The molecule has 0 bridgehead atoms. The van der Waals surface area contributed by atoms with Gasteiger partial charge in [-0.05, 0) is 48.6 Å². The van der Waals surface area contributed by atoms with Crippen molar-refractivity contribution >= 4 is 0 Å². The topological polar surface area (TPSA) is 52.0 Å². The van der Waals surface area contributed by atoms with Crippen LogP contribution in [0.2, 0.25) is 0 Å². The molecule has 2 aromatic carbocycles. The van der Waals surface area contributed by atoms with Crippen LogP contribution in [0.3, 0.4) is 0 Å². The Bertz CT molecular complexity index is 568. The van der Waals surface area contributed by atoms with E-state index in [1.54, 1.807) is 0 Å². The van der Waals surface area contributed by atoms with Crippen LogP contribution >= 0.6 is 0 Å². The second-order valence-corrected chi connectivity index (χ2v) is 7.93. The SMILES string of the molecule is N[C@@H]1CCCC[C@@H]1c1ccccc1.N[C@H]1CCCC[C@@H]1c1ccccc1. The predicted octanol–water partition coefficient (Wildman–Crippen LogP) is 5.34. The van der Waals surface area contributed by atoms with Gasteiger partial charge in [0.2, 0.25) is 0 Å². The third-order valence-corrected chi connectivity index (χ3v) is 6.09. The highest BCUT2D eigenvalue weighted by Gasteiger charge is 2.23. The average molecular weight is 351 g/mol. The van der Waals surface area contributed by atoms with Gasteiger partial charge in [0.1, 0.15) is 0 Å². The van der Waals surface area contributed by atoms with Crippen LogP contribution in [0, 0.1) is 0 Å². The number of hydrogen-bond donors (Lipinski definition) is 2. The molecular weight excluding hydrogens is 316 g/mol. The van der Waals surface area contributed by atoms with Crippen molar-refractivity contribution in [2.24, 2.45) is 11.5 Å². The lowest BCUT2D eigenvalue weighted by Gasteiger charge is -2.28. The van der Waals surface area contributed by atoms with Crippen molar-refractivity contribution < 1.29 is 0 Å². The van der Waals surface area contributed by atoms with Gasteiger partial charge in [-0.15, -0.1) is 0 Å². The monoisotopic (exact) mass is 350 g/mol. The van der Waals surface area contributed by atoms with Crippen LogP contribution in [0.1, 0.15) is 74.3 Å². The van der Waals surface area contributed by atoms with Crippen molar-refractivity contribution in [2.75, 3.05) is 0 Å². The Morgan fingerprint density at radius 3 is 1.19 bits per heavy atom. The Morgan fingerprint density at radius 2 is 0.846 bits per heavy atom. The molecule has 2 saturated carbocycles. The van der Waals surface area contributed by atoms with Gasteiger partial charge < -0.3 is 11.5 Å². The fourth-order valence-electron chi connectivity index (χ4n) is 4.55. The molecular formula is C24H34N2. The standard InChI is InChI=1S/2C12H17N/c2*13-12-9-5-4-8-11(12)10-6-2-1-3-7-10/h2*1-3,6-7,11-12H,4-5,8-9,13H2/t11-,12+;11-,12-/m11/s1. The lowest BCUT2D eigenvalue weighted by molar-refractivity contribution is 0.385. The first-order valence-electron chi connectivity index (χ1n) is 10.4. The van der Waals surface area contributed by atoms with Gasteiger partial charge >= 0.3 is 0 Å². The normalized spacial score (nSPS) is 28.7. The summed E-state index contributed by atoms with van der Waals surface area (Å²) in [7, 11) is 0. The molecule has 140 valence electrons. The minimum atomic E-state index is 0.385. The predicted molar refractivity (Wildman–Crippen MR) is 111 cm³/mol. The Kier molecular flexibility index (Phi) is 7.28. The maximum Gasteiger partial charge on any atom is 0.0108 e. The lowest BCUT2D eigenvalue weighted by Crippen LogP contribution is -2.31. The third kappa shape index (κ3) is 5.18. The van der Waals surface area contributed by atoms with Crippen molar-refractivity contribution in [1.29, 1.82) is 0 Å². The molecule has 2 aliphatic rings. The molecule has 0 amide bonds. The van der Waals surface area contributed by atoms with Crippen LogP contribution in [0.5, 0.6) is 0 Å². The van der Waals surface area contributed by atoms with E-state index in [2.05, 4.69) is 60.7 Å². The molecule has 26 heavy (non-hydrogen) atoms. The van der Waals surface area contributed by atoms with E-state index in [1.165, 1.54) is 62.5 Å². The molecule has 4 rings (SSSR count). The zero-order chi connectivity index (χ0) is 18.2. The van der Waals surface area contributed by atoms with Crippen molar-refractivity contribution in [3.8, 4) is 0 Å². The Morgan fingerprint density at radius 1 is 0.500 bits per heavy atom. The summed E-state index contributed by atoms with van der Waals surface area (Å²) in [5.74, 6) is 1.21. The molecule has 2 aliphatic carbocycles. The largest absolute Gasteiger partial charge is 0.327 e. The van der Waals surface area contributed by atoms with Crippen LogP contribution in [-0.4, -0.2) is 12.1 Å². The molecule has 0 saturated heterocycles. The zero-order valence-electron chi connectivity index (χ0n) is 15.9. The van der Waals surface area contributed by atoms with Crippen LogP contribution in [0.4, 0.5) is 0 Å². The molecule has 4 N–H and O–H groups in total. The number of hydrogen-bond acceptors (Lipinski definition) is 2. The molecule has 0 unspecified atom stereocenters. The molecule has 0 aliphatic heterocycles. The van der Waals surface area contributed by atoms with Crippen molar-refractivity contribution in [1.82, 2.24) is 0 Å². The van der Waals surface area contributed by atoms with Gasteiger partial charge in [-0.25, -0.2) is 0 Å². The summed E-state index contributed by atoms with van der Waals surface area (Å²) in [5.41, 5.74) is 15.1. The lowest BCUT2D eigenvalue weighted by atomic mass is 9.80. The molecule has 0 radical (unpaired) electrons. The van der Waals surface area contributed by atoms with Crippen LogP contribution in [0.25, 0.3) is 0 Å². The van der Waals surface area contributed by atoms with E-state index in [0.717, 1.165) is 0 Å². The fraction of sp³-hybridized carbons (Fsp3) is 0.500. The molecule has 0 heterocycles. The highest BCUT2D eigenvalue weighted by atomic mass is 14.7. The van der Waals surface area contributed by atoms with Crippen LogP contribution < -0.4 is 11.5 Å². The molecule has 0 aromatic heterocycles. The quantitative estimate of drug-likeness (QED) is 0.768. The number of rotatable bonds is 2. The minimum Gasteiger partial charge on any atom is -0.327 e. The summed E-state index contributed by atoms with van der Waals surface area (Å²) in [6.45, 7) is 0. The van der Waals surface area contributed by atoms with E-state index in [0.29, 0.717) is 23.9 Å². The first-order valence-corrected chi connectivity index (χ1v) is 10.4. The maximum absolute atomic E-state index is 6.11. The number of benzene rings is 2. The second-order valence-electron chi connectivity index (χ2n) is 7.93. The molecule has 2 heteroatoms. The van der Waals surface area contributed by atoms with E-state index in [1.807, 2.05) is 0 Å². The molecule has 2 aromatic rings. The van der Waals surface area contributed by atoms with E-state index in [9.17, 15) is 0 Å². The zero-order valence-corrected chi connectivity index (χ0v) is 15.9. The Balaban J connectivity index is 0.000000151. The Labute approximate surface area is 159 Å². The van der Waals surface area contributed by atoms with Crippen molar-refractivity contribution in [3.63, 3.8) is 0 Å². The first kappa shape index (κ1) is 19.1. The van der Waals surface area contributed by atoms with E-state index in [4.69, 9.17) is 11.5 Å². The summed E-state index contributed by atoms with van der Waals surface area (Å²) in [4.78, 5) is 0. The maximum atomic E-state index is 6.11. The summed E-state index contributed by atoms with van der Waals surface area (Å²) in [6.07, 6.45) is 10.2. The van der Waals surface area contributed by atoms with E-state index in [-0.39, 0.29) is 0 Å². The summed E-state index contributed by atoms with van der Waals surface area (Å²) < 4.78 is 0. The van der Waals surface area contributed by atoms with Crippen LogP contribution in [0.15, 0.2) is 60.7 Å². The molecule has 4 atom stereocenters. The molecule has 2 nitrogen and oxygen atoms in total. The fourth-order valence-corrected chi connectivity index (χ4v) is 4.55. The minimum absolute atomic E-state index is 0.385. The van der Waals surface area contributed by atoms with Crippen LogP contribution in [-0.2, 0) is 0 Å². The smallest absolute Gasteiger partial charge is 0.0108 e. The van der Waals surface area contributed by atoms with Gasteiger partial charge in [-0.3, -0.25) is 0 Å². The van der Waals surface area contributed by atoms with Gasteiger partial charge in [-0.1, -0.05) is 86.3 Å². The summed E-state index contributed by atoms with van der Waals surface area (Å²) >= 11 is 0. The average Bonchev–Trinajstić information content (AvgIpc) is 2.71. The van der Waals surface area contributed by atoms with Gasteiger partial charge in [0, 0.05) is 12.1 Å².